The van der Waals surface area contributed by atoms with Gasteiger partial charge in [0, 0.05) is 38.9 Å². The lowest BCUT2D eigenvalue weighted by atomic mass is 9.65. The Morgan fingerprint density at radius 2 is 0.925 bits per heavy atom. The Morgan fingerprint density at radius 3 is 1.61 bits per heavy atom. The van der Waals surface area contributed by atoms with Gasteiger partial charge in [0.15, 0.2) is 0 Å². The van der Waals surface area contributed by atoms with Crippen LogP contribution in [-0.2, 0) is 10.8 Å². The van der Waals surface area contributed by atoms with E-state index in [1.165, 1.54) is 56.6 Å². The molecule has 320 valence electrons. The van der Waals surface area contributed by atoms with Gasteiger partial charge in [0.2, 0.25) is 0 Å². The Kier molecular flexibility index (Phi) is 9.62. The zero-order chi connectivity index (χ0) is 45.1. The van der Waals surface area contributed by atoms with Crippen LogP contribution in [0.3, 0.4) is 0 Å². The number of rotatable bonds is 9. The number of benzene rings is 10. The molecular formula is C64H47FN2. The lowest BCUT2D eigenvalue weighted by molar-refractivity contribution is 0.627. The van der Waals surface area contributed by atoms with Crippen LogP contribution in [-0.4, -0.2) is 4.57 Å². The van der Waals surface area contributed by atoms with Crippen molar-refractivity contribution in [3.05, 3.63) is 288 Å². The summed E-state index contributed by atoms with van der Waals surface area (Å²) in [5, 5.41) is 2.30. The predicted octanol–water partition coefficient (Wildman–Crippen LogP) is 16.7. The van der Waals surface area contributed by atoms with Crippen molar-refractivity contribution in [1.82, 2.24) is 4.57 Å². The summed E-state index contributed by atoms with van der Waals surface area (Å²) in [5.74, 6) is -0.245. The largest absolute Gasteiger partial charge is 0.310 e. The van der Waals surface area contributed by atoms with Crippen LogP contribution < -0.4 is 4.90 Å². The maximum absolute atomic E-state index is 14.1. The van der Waals surface area contributed by atoms with Gasteiger partial charge >= 0.3 is 0 Å². The topological polar surface area (TPSA) is 8.17 Å². The highest BCUT2D eigenvalue weighted by Crippen LogP contribution is 2.51. The number of halogens is 1. The number of hydrogen-bond acceptors (Lipinski definition) is 1. The second kappa shape index (κ2) is 16.0. The van der Waals surface area contributed by atoms with E-state index in [1.807, 2.05) is 12.1 Å². The van der Waals surface area contributed by atoms with E-state index in [2.05, 4.69) is 248 Å². The number of aromatic nitrogens is 1. The summed E-state index contributed by atoms with van der Waals surface area (Å²) in [7, 11) is 0. The van der Waals surface area contributed by atoms with Crippen LogP contribution in [0.2, 0.25) is 0 Å². The second-order valence-corrected chi connectivity index (χ2v) is 18.2. The Balaban J connectivity index is 1.03. The van der Waals surface area contributed by atoms with E-state index < -0.39 is 5.41 Å². The molecule has 0 spiro atoms. The van der Waals surface area contributed by atoms with Crippen molar-refractivity contribution in [3.63, 3.8) is 0 Å². The lowest BCUT2D eigenvalue weighted by Gasteiger charge is -2.37. The monoisotopic (exact) mass is 862 g/mol. The fraction of sp³-hybridized carbons (Fsp3) is 0.0625. The summed E-state index contributed by atoms with van der Waals surface area (Å²) >= 11 is 0. The lowest BCUT2D eigenvalue weighted by Crippen LogP contribution is -2.31. The second-order valence-electron chi connectivity index (χ2n) is 18.2. The third-order valence-electron chi connectivity index (χ3n) is 14.2. The minimum Gasteiger partial charge on any atom is -0.310 e. The number of nitrogens with zero attached hydrogens (tertiary/aromatic N) is 2. The summed E-state index contributed by atoms with van der Waals surface area (Å²) < 4.78 is 16.3. The van der Waals surface area contributed by atoms with E-state index in [0.29, 0.717) is 0 Å². The summed E-state index contributed by atoms with van der Waals surface area (Å²) in [4.78, 5) is 2.42. The number of fused-ring (bicyclic) bond motifs is 6. The van der Waals surface area contributed by atoms with E-state index in [-0.39, 0.29) is 11.2 Å². The third kappa shape index (κ3) is 6.53. The van der Waals surface area contributed by atoms with Crippen molar-refractivity contribution in [1.29, 1.82) is 0 Å². The van der Waals surface area contributed by atoms with Crippen LogP contribution in [0.25, 0.3) is 49.7 Å². The Labute approximate surface area is 391 Å². The normalized spacial score (nSPS) is 12.8. The van der Waals surface area contributed by atoms with E-state index >= 15 is 0 Å². The fourth-order valence-electron chi connectivity index (χ4n) is 11.0. The highest BCUT2D eigenvalue weighted by Gasteiger charge is 2.39. The molecule has 0 saturated carbocycles. The molecule has 0 N–H and O–H groups in total. The molecule has 12 rings (SSSR count). The van der Waals surface area contributed by atoms with Gasteiger partial charge in [0.1, 0.15) is 5.82 Å². The maximum Gasteiger partial charge on any atom is 0.123 e. The molecular weight excluding hydrogens is 816 g/mol. The number of para-hydroxylation sites is 1. The van der Waals surface area contributed by atoms with Gasteiger partial charge in [0.05, 0.1) is 16.4 Å². The van der Waals surface area contributed by atoms with Crippen molar-refractivity contribution in [3.8, 4) is 27.9 Å². The zero-order valence-corrected chi connectivity index (χ0v) is 37.4. The van der Waals surface area contributed by atoms with E-state index in [4.69, 9.17) is 0 Å². The van der Waals surface area contributed by atoms with Gasteiger partial charge in [-0.2, -0.15) is 0 Å². The molecule has 0 unspecified atom stereocenters. The first-order valence-corrected chi connectivity index (χ1v) is 23.1. The van der Waals surface area contributed by atoms with Gasteiger partial charge in [-0.15, -0.1) is 0 Å². The minimum atomic E-state index is -0.561. The van der Waals surface area contributed by atoms with Crippen molar-refractivity contribution in [2.75, 3.05) is 4.90 Å². The van der Waals surface area contributed by atoms with Crippen molar-refractivity contribution in [2.45, 2.75) is 24.7 Å². The van der Waals surface area contributed by atoms with Gasteiger partial charge in [-0.1, -0.05) is 184 Å². The average molecular weight is 863 g/mol. The number of anilines is 3. The van der Waals surface area contributed by atoms with Gasteiger partial charge in [-0.25, -0.2) is 4.39 Å². The molecule has 1 aromatic heterocycles. The summed E-state index contributed by atoms with van der Waals surface area (Å²) in [6.45, 7) is 4.70. The Bertz CT molecular complexity index is 3490. The predicted molar refractivity (Wildman–Crippen MR) is 277 cm³/mol. The molecule has 1 aliphatic carbocycles. The molecule has 0 amide bonds. The first-order chi connectivity index (χ1) is 32.9. The van der Waals surface area contributed by atoms with Crippen LogP contribution in [0.5, 0.6) is 0 Å². The molecule has 3 heteroatoms. The Morgan fingerprint density at radius 1 is 0.388 bits per heavy atom. The molecule has 0 atom stereocenters. The van der Waals surface area contributed by atoms with Gasteiger partial charge in [0.25, 0.3) is 0 Å². The molecule has 67 heavy (non-hydrogen) atoms. The molecule has 1 aliphatic rings. The molecule has 11 aromatic rings. The highest BCUT2D eigenvalue weighted by molar-refractivity contribution is 6.10. The SMILES string of the molecule is CC1(C)c2ccccc2-c2ccc(N(c3ccc(C(c4ccccc4)(c4ccccc4)c4ccccc4)cc3)c3cccc(-c4ccc5c(c4)c4ccccc4n5-c4ccc(F)cc4)c3)cc21. The van der Waals surface area contributed by atoms with Crippen LogP contribution in [0.4, 0.5) is 21.5 Å². The molecule has 2 nitrogen and oxygen atoms in total. The van der Waals surface area contributed by atoms with Crippen molar-refractivity contribution in [2.24, 2.45) is 0 Å². The van der Waals surface area contributed by atoms with Gasteiger partial charge < -0.3 is 9.47 Å². The van der Waals surface area contributed by atoms with Crippen LogP contribution in [0.15, 0.2) is 249 Å². The smallest absolute Gasteiger partial charge is 0.123 e. The van der Waals surface area contributed by atoms with E-state index in [1.54, 1.807) is 0 Å². The highest BCUT2D eigenvalue weighted by atomic mass is 19.1. The van der Waals surface area contributed by atoms with Gasteiger partial charge in [-0.05, 0) is 134 Å². The Hall–Kier alpha value is -8.27. The quantitative estimate of drug-likeness (QED) is 0.131. The third-order valence-corrected chi connectivity index (χ3v) is 14.2. The fourth-order valence-corrected chi connectivity index (χ4v) is 11.0. The van der Waals surface area contributed by atoms with Crippen molar-refractivity contribution < 1.29 is 4.39 Å². The summed E-state index contributed by atoms with van der Waals surface area (Å²) in [6, 6.07) is 88.7. The van der Waals surface area contributed by atoms with Crippen LogP contribution in [0, 0.1) is 5.82 Å². The number of hydrogen-bond donors (Lipinski definition) is 0. The first kappa shape index (κ1) is 40.3. The van der Waals surface area contributed by atoms with Gasteiger partial charge in [-0.3, -0.25) is 0 Å². The van der Waals surface area contributed by atoms with E-state index in [0.717, 1.165) is 55.7 Å². The first-order valence-electron chi connectivity index (χ1n) is 23.1. The molecule has 1 heterocycles. The summed E-state index contributed by atoms with van der Waals surface area (Å²) in [6.07, 6.45) is 0. The minimum absolute atomic E-state index is 0.164. The molecule has 0 aliphatic heterocycles. The zero-order valence-electron chi connectivity index (χ0n) is 37.4. The standard InChI is InChI=1S/C64H47FN2/c1-63(2)59-27-14-12-25-55(59)56-39-38-54(43-60(56)63)66(51-34-30-49(31-35-51)64(46-18-6-3-7-19-46,47-20-8-4-9-21-47)48-22-10-5-11-23-48)53-24-16-17-44(41-53)45-29-40-62-58(42-45)57-26-13-15-28-61(57)67(62)52-36-32-50(65)33-37-52/h3-43H,1-2H3. The average Bonchev–Trinajstić information content (AvgIpc) is 3.83. The molecule has 0 fully saturated rings. The van der Waals surface area contributed by atoms with E-state index in [9.17, 15) is 4.39 Å². The maximum atomic E-state index is 14.1. The molecule has 0 saturated heterocycles. The van der Waals surface area contributed by atoms with Crippen LogP contribution in [0.1, 0.15) is 47.2 Å². The summed E-state index contributed by atoms with van der Waals surface area (Å²) in [5.41, 5.74) is 17.9. The van der Waals surface area contributed by atoms with Crippen LogP contribution >= 0.6 is 0 Å². The molecule has 10 aromatic carbocycles. The molecule has 0 bridgehead atoms. The molecule has 0 radical (unpaired) electrons. The van der Waals surface area contributed by atoms with Crippen molar-refractivity contribution >= 4 is 38.9 Å².